The fourth-order valence-electron chi connectivity index (χ4n) is 0.624. The molecule has 0 aromatic heterocycles. The molecule has 70 valence electrons. The van der Waals surface area contributed by atoms with Crippen LogP contribution in [0.2, 0.25) is 0 Å². The van der Waals surface area contributed by atoms with Gasteiger partial charge in [0.15, 0.2) is 0 Å². The van der Waals surface area contributed by atoms with Gasteiger partial charge in [0.25, 0.3) is 0 Å². The van der Waals surface area contributed by atoms with Crippen molar-refractivity contribution in [3.8, 4) is 0 Å². The van der Waals surface area contributed by atoms with Crippen LogP contribution in [-0.2, 0) is 14.4 Å². The van der Waals surface area contributed by atoms with E-state index in [2.05, 4.69) is 0 Å². The molecular formula is C8H15NO3. The van der Waals surface area contributed by atoms with Gasteiger partial charge in [-0.1, -0.05) is 0 Å². The monoisotopic (exact) mass is 173 g/mol. The lowest BCUT2D eigenvalue weighted by atomic mass is 10.2. The van der Waals surface area contributed by atoms with Gasteiger partial charge >= 0.3 is 0 Å². The molecule has 0 fully saturated rings. The number of carbonyl (C=O) groups excluding carboxylic acids is 2. The molecule has 0 saturated carbocycles. The summed E-state index contributed by atoms with van der Waals surface area (Å²) in [7, 11) is 0. The van der Waals surface area contributed by atoms with E-state index in [1.165, 1.54) is 13.8 Å². The molecule has 0 N–H and O–H groups in total. The molecule has 0 spiro atoms. The molecule has 0 saturated heterocycles. The van der Waals surface area contributed by atoms with Gasteiger partial charge in [-0.2, -0.15) is 5.06 Å². The summed E-state index contributed by atoms with van der Waals surface area (Å²) in [6, 6.07) is 0. The maximum atomic E-state index is 10.8. The van der Waals surface area contributed by atoms with Crippen LogP contribution in [0.5, 0.6) is 0 Å². The SMILES string of the molecule is CC(=O)N(OC(C)(C)C)C(C)=O. The predicted octanol–water partition coefficient (Wildman–Crippen LogP) is 1.11. The van der Waals surface area contributed by atoms with E-state index >= 15 is 0 Å². The van der Waals surface area contributed by atoms with Crippen LogP contribution in [0, 0.1) is 0 Å². The first kappa shape index (κ1) is 11.1. The third kappa shape index (κ3) is 4.08. The summed E-state index contributed by atoms with van der Waals surface area (Å²) in [5.41, 5.74) is -0.530. The largest absolute Gasteiger partial charge is 0.272 e. The van der Waals surface area contributed by atoms with Crippen LogP contribution in [0.4, 0.5) is 0 Å². The quantitative estimate of drug-likeness (QED) is 0.558. The second kappa shape index (κ2) is 3.67. The average molecular weight is 173 g/mol. The maximum Gasteiger partial charge on any atom is 0.250 e. The number of nitrogens with zero attached hydrogens (tertiary/aromatic N) is 1. The lowest BCUT2D eigenvalue weighted by Crippen LogP contribution is -2.40. The van der Waals surface area contributed by atoms with Crippen molar-refractivity contribution in [1.29, 1.82) is 0 Å². The molecule has 12 heavy (non-hydrogen) atoms. The Morgan fingerprint density at radius 3 is 1.50 bits per heavy atom. The zero-order valence-corrected chi connectivity index (χ0v) is 8.17. The number of hydrogen-bond acceptors (Lipinski definition) is 3. The lowest BCUT2D eigenvalue weighted by Gasteiger charge is -2.26. The highest BCUT2D eigenvalue weighted by Crippen LogP contribution is 2.10. The van der Waals surface area contributed by atoms with E-state index in [0.29, 0.717) is 0 Å². The number of carbonyl (C=O) groups is 2. The molecule has 0 rings (SSSR count). The van der Waals surface area contributed by atoms with Crippen molar-refractivity contribution >= 4 is 11.8 Å². The van der Waals surface area contributed by atoms with E-state index in [1.807, 2.05) is 0 Å². The number of amides is 2. The third-order valence-corrected chi connectivity index (χ3v) is 0.937. The first-order chi connectivity index (χ1) is 5.24. The molecule has 4 nitrogen and oxygen atoms in total. The Labute approximate surface area is 72.4 Å². The zero-order valence-electron chi connectivity index (χ0n) is 8.17. The molecule has 0 aromatic rings. The van der Waals surface area contributed by atoms with Gasteiger partial charge in [-0.3, -0.25) is 14.4 Å². The molecule has 0 unspecified atom stereocenters. The van der Waals surface area contributed by atoms with Crippen molar-refractivity contribution in [2.24, 2.45) is 0 Å². The summed E-state index contributed by atoms with van der Waals surface area (Å²) >= 11 is 0. The molecule has 0 aliphatic rings. The van der Waals surface area contributed by atoms with E-state index < -0.39 is 17.4 Å². The molecule has 0 atom stereocenters. The van der Waals surface area contributed by atoms with E-state index in [9.17, 15) is 9.59 Å². The standard InChI is InChI=1S/C8H15NO3/c1-6(10)9(7(2)11)12-8(3,4)5/h1-5H3. The lowest BCUT2D eigenvalue weighted by molar-refractivity contribution is -0.223. The Morgan fingerprint density at radius 2 is 1.42 bits per heavy atom. The smallest absolute Gasteiger partial charge is 0.250 e. The van der Waals surface area contributed by atoms with Crippen molar-refractivity contribution in [2.75, 3.05) is 0 Å². The molecule has 0 bridgehead atoms. The van der Waals surface area contributed by atoms with Gasteiger partial charge in [-0.15, -0.1) is 0 Å². The highest BCUT2D eigenvalue weighted by Gasteiger charge is 2.22. The van der Waals surface area contributed by atoms with Crippen molar-refractivity contribution in [3.05, 3.63) is 0 Å². The van der Waals surface area contributed by atoms with Crippen LogP contribution < -0.4 is 0 Å². The number of rotatable bonds is 1. The van der Waals surface area contributed by atoms with Gasteiger partial charge in [-0.05, 0) is 20.8 Å². The van der Waals surface area contributed by atoms with Crippen molar-refractivity contribution < 1.29 is 14.4 Å². The van der Waals surface area contributed by atoms with Crippen LogP contribution in [0.1, 0.15) is 34.6 Å². The number of imide groups is 1. The van der Waals surface area contributed by atoms with E-state index in [-0.39, 0.29) is 0 Å². The topological polar surface area (TPSA) is 46.6 Å². The minimum absolute atomic E-state index is 0.405. The highest BCUT2D eigenvalue weighted by molar-refractivity contribution is 5.91. The zero-order chi connectivity index (χ0) is 9.94. The van der Waals surface area contributed by atoms with Crippen LogP contribution >= 0.6 is 0 Å². The van der Waals surface area contributed by atoms with Crippen LogP contribution in [0.25, 0.3) is 0 Å². The Bertz CT molecular complexity index is 179. The van der Waals surface area contributed by atoms with Gasteiger partial charge in [0.2, 0.25) is 11.8 Å². The molecular weight excluding hydrogens is 158 g/mol. The van der Waals surface area contributed by atoms with Gasteiger partial charge in [-0.25, -0.2) is 0 Å². The van der Waals surface area contributed by atoms with E-state index in [1.54, 1.807) is 20.8 Å². The molecule has 2 amide bonds. The maximum absolute atomic E-state index is 10.8. The van der Waals surface area contributed by atoms with Crippen LogP contribution in [-0.4, -0.2) is 22.5 Å². The Morgan fingerprint density at radius 1 is 1.08 bits per heavy atom. The summed E-state index contributed by atoms with van der Waals surface area (Å²) in [6.45, 7) is 7.88. The summed E-state index contributed by atoms with van der Waals surface area (Å²) in [5, 5.41) is 0.764. The fraction of sp³-hybridized carbons (Fsp3) is 0.750. The molecule has 4 heteroatoms. The Kier molecular flexibility index (Phi) is 3.39. The van der Waals surface area contributed by atoms with Gasteiger partial charge in [0, 0.05) is 13.8 Å². The van der Waals surface area contributed by atoms with Gasteiger partial charge in [0.05, 0.1) is 5.60 Å². The van der Waals surface area contributed by atoms with Crippen molar-refractivity contribution in [3.63, 3.8) is 0 Å². The summed E-state index contributed by atoms with van der Waals surface area (Å²) in [6.07, 6.45) is 0. The van der Waals surface area contributed by atoms with Crippen LogP contribution in [0.15, 0.2) is 0 Å². The normalized spacial score (nSPS) is 11.1. The van der Waals surface area contributed by atoms with Gasteiger partial charge in [0.1, 0.15) is 0 Å². The molecule has 0 aliphatic carbocycles. The molecule has 0 aromatic carbocycles. The predicted molar refractivity (Wildman–Crippen MR) is 44.0 cm³/mol. The third-order valence-electron chi connectivity index (χ3n) is 0.937. The van der Waals surface area contributed by atoms with E-state index in [0.717, 1.165) is 5.06 Å². The second-order valence-corrected chi connectivity index (χ2v) is 3.54. The van der Waals surface area contributed by atoms with Crippen molar-refractivity contribution in [1.82, 2.24) is 5.06 Å². The molecule has 0 aliphatic heterocycles. The second-order valence-electron chi connectivity index (χ2n) is 3.54. The first-order valence-corrected chi connectivity index (χ1v) is 3.74. The summed E-state index contributed by atoms with van der Waals surface area (Å²) in [5.74, 6) is -0.810. The number of hydrogen-bond donors (Lipinski definition) is 0. The summed E-state index contributed by atoms with van der Waals surface area (Å²) < 4.78 is 0. The highest BCUT2D eigenvalue weighted by atomic mass is 16.7. The van der Waals surface area contributed by atoms with Gasteiger partial charge < -0.3 is 0 Å². The Balaban J connectivity index is 4.35. The number of hydroxylamine groups is 2. The minimum atomic E-state index is -0.530. The molecule has 0 radical (unpaired) electrons. The Hall–Kier alpha value is -0.900. The van der Waals surface area contributed by atoms with Crippen molar-refractivity contribution in [2.45, 2.75) is 40.2 Å². The van der Waals surface area contributed by atoms with Crippen LogP contribution in [0.3, 0.4) is 0 Å². The molecule has 0 heterocycles. The average Bonchev–Trinajstić information content (AvgIpc) is 1.79. The minimum Gasteiger partial charge on any atom is -0.272 e. The summed E-state index contributed by atoms with van der Waals surface area (Å²) in [4.78, 5) is 26.8. The first-order valence-electron chi connectivity index (χ1n) is 3.74. The fourth-order valence-corrected chi connectivity index (χ4v) is 0.624. The van der Waals surface area contributed by atoms with E-state index in [4.69, 9.17) is 4.84 Å².